The van der Waals surface area contributed by atoms with Crippen LogP contribution in [0.4, 0.5) is 25.4 Å². The third-order valence-corrected chi connectivity index (χ3v) is 13.5. The Morgan fingerprint density at radius 2 is 1.10 bits per heavy atom. The zero-order chi connectivity index (χ0) is 47.9. The number of rotatable bonds is 10. The Balaban J connectivity index is 0.975. The van der Waals surface area contributed by atoms with E-state index in [0.717, 1.165) is 110 Å². The van der Waals surface area contributed by atoms with Gasteiger partial charge in [0.15, 0.2) is 0 Å². The number of carbonyl (C=O) groups excluding carboxylic acids is 4. The number of likely N-dealkylation sites (tertiary alicyclic amines) is 2. The molecule has 0 bridgehead atoms. The molecule has 4 N–H and O–H groups in total. The lowest BCUT2D eigenvalue weighted by Gasteiger charge is -2.34. The summed E-state index contributed by atoms with van der Waals surface area (Å²) in [5.41, 5.74) is 5.50. The highest BCUT2D eigenvalue weighted by atomic mass is 19.1. The fraction of sp³-hybridized carbons (Fsp3) is 0.529. The summed E-state index contributed by atoms with van der Waals surface area (Å²) in [6, 6.07) is 17.5. The maximum Gasteiger partial charge on any atom is 0.408 e. The molecule has 17 heteroatoms. The first kappa shape index (κ1) is 46.7. The van der Waals surface area contributed by atoms with Crippen LogP contribution in [0.5, 0.6) is 0 Å². The van der Waals surface area contributed by atoms with Crippen molar-refractivity contribution in [2.45, 2.75) is 135 Å². The summed E-state index contributed by atoms with van der Waals surface area (Å²) in [5, 5.41) is 5.20. The van der Waals surface area contributed by atoms with Crippen LogP contribution < -0.4 is 20.4 Å². The minimum atomic E-state index is -0.671. The molecule has 3 aromatic carbocycles. The highest BCUT2D eigenvalue weighted by Gasteiger charge is 2.38. The lowest BCUT2D eigenvalue weighted by Crippen LogP contribution is -2.41. The zero-order valence-electron chi connectivity index (χ0n) is 40.1. The van der Waals surface area contributed by atoms with Crippen molar-refractivity contribution in [2.24, 2.45) is 0 Å². The number of H-pyrrole nitrogens is 2. The predicted octanol–water partition coefficient (Wildman–Crippen LogP) is 9.03. The highest BCUT2D eigenvalue weighted by molar-refractivity contribution is 5.84. The molecule has 5 aromatic rings. The molecule has 4 amide bonds. The van der Waals surface area contributed by atoms with Gasteiger partial charge in [0, 0.05) is 31.9 Å². The van der Waals surface area contributed by atoms with Crippen molar-refractivity contribution in [1.29, 1.82) is 0 Å². The number of aromatic nitrogens is 4. The van der Waals surface area contributed by atoms with Crippen LogP contribution in [0, 0.1) is 5.82 Å². The van der Waals surface area contributed by atoms with Crippen LogP contribution in [0.2, 0.25) is 0 Å². The van der Waals surface area contributed by atoms with Crippen molar-refractivity contribution in [3.05, 3.63) is 83.2 Å². The smallest absolute Gasteiger partial charge is 0.408 e. The van der Waals surface area contributed by atoms with Crippen molar-refractivity contribution < 1.29 is 33.0 Å². The third kappa shape index (κ3) is 10.2. The Labute approximate surface area is 396 Å². The molecule has 0 saturated carbocycles. The van der Waals surface area contributed by atoms with Gasteiger partial charge in [0.25, 0.3) is 0 Å². The molecule has 2 aromatic heterocycles. The second kappa shape index (κ2) is 18.9. The SMILES string of the molecule is CC(C)(C)OC(=O)NCC(=O)N1CCC[C@H]1c1nc2ccc(C3CC[C@@H](c4ccc5nc([C@@H]6CCCN6C(=O)CNC(=O)OC(C)(C)C)[nH]c5c4)N3c3ccc(N4CCCCC4)c(F)c3)cc2[nH]1. The van der Waals surface area contributed by atoms with Gasteiger partial charge in [0.2, 0.25) is 11.8 Å². The van der Waals surface area contributed by atoms with Crippen LogP contribution >= 0.6 is 0 Å². The van der Waals surface area contributed by atoms with Gasteiger partial charge in [-0.25, -0.2) is 23.9 Å². The van der Waals surface area contributed by atoms with Crippen molar-refractivity contribution in [3.63, 3.8) is 0 Å². The Kier molecular flexibility index (Phi) is 13.0. The van der Waals surface area contributed by atoms with Gasteiger partial charge < -0.3 is 49.7 Å². The fourth-order valence-corrected chi connectivity index (χ4v) is 10.5. The standard InChI is InChI=1S/C51H65FN10O6/c1-50(2,3)67-48(65)53-29-44(63)60-24-10-12-42(60)46-55-35-17-14-31(26-37(35)57-46)39-20-21-40(62(39)33-16-19-41(34(52)28-33)59-22-8-7-9-23-59)32-15-18-36-38(27-32)58-47(56-36)43-13-11-25-61(43)45(64)30-54-49(66)68-51(4,5)6/h14-19,26-28,39-40,42-43H,7-13,20-25,29-30H2,1-6H3,(H,53,65)(H,54,66)(H,55,57)(H,56,58)/t39-,40?,42-,43-/m0/s1. The van der Waals surface area contributed by atoms with Crippen LogP contribution in [0.1, 0.15) is 146 Å². The van der Waals surface area contributed by atoms with E-state index >= 15 is 4.39 Å². The zero-order valence-corrected chi connectivity index (χ0v) is 40.1. The van der Waals surface area contributed by atoms with Crippen molar-refractivity contribution >= 4 is 57.4 Å². The number of halogens is 1. The maximum absolute atomic E-state index is 16.3. The molecular formula is C51H65FN10O6. The molecule has 4 fully saturated rings. The summed E-state index contributed by atoms with van der Waals surface area (Å²) in [6.07, 6.45) is 6.73. The summed E-state index contributed by atoms with van der Waals surface area (Å²) in [6.45, 7) is 13.1. The molecular weight excluding hydrogens is 868 g/mol. The first-order valence-electron chi connectivity index (χ1n) is 24.3. The van der Waals surface area contributed by atoms with Crippen molar-refractivity contribution in [3.8, 4) is 0 Å². The van der Waals surface area contributed by atoms with Gasteiger partial charge in [0.05, 0.1) is 51.9 Å². The number of nitrogens with zero attached hydrogens (tertiary/aromatic N) is 6. The molecule has 0 radical (unpaired) electrons. The summed E-state index contributed by atoms with van der Waals surface area (Å²) in [5.74, 6) is 0.772. The van der Waals surface area contributed by atoms with E-state index in [-0.39, 0.29) is 54.9 Å². The number of nitrogens with one attached hydrogen (secondary N) is 4. The van der Waals surface area contributed by atoms with Crippen molar-refractivity contribution in [1.82, 2.24) is 40.4 Å². The number of alkyl carbamates (subject to hydrolysis) is 2. The Bertz CT molecular complexity index is 2530. The molecule has 16 nitrogen and oxygen atoms in total. The van der Waals surface area contributed by atoms with Crippen LogP contribution in [-0.4, -0.2) is 104 Å². The van der Waals surface area contributed by atoms with E-state index < -0.39 is 23.4 Å². The number of anilines is 2. The number of carbonyl (C=O) groups is 4. The van der Waals surface area contributed by atoms with Crippen molar-refractivity contribution in [2.75, 3.05) is 49.1 Å². The summed E-state index contributed by atoms with van der Waals surface area (Å²) < 4.78 is 27.0. The second-order valence-corrected chi connectivity index (χ2v) is 20.7. The number of piperidine rings is 1. The number of hydrogen-bond donors (Lipinski definition) is 4. The van der Waals surface area contributed by atoms with Crippen LogP contribution in [0.25, 0.3) is 22.1 Å². The summed E-state index contributed by atoms with van der Waals surface area (Å²) in [7, 11) is 0. The number of amides is 4. The molecule has 4 saturated heterocycles. The third-order valence-electron chi connectivity index (χ3n) is 13.5. The lowest BCUT2D eigenvalue weighted by atomic mass is 10.0. The average molecular weight is 933 g/mol. The summed E-state index contributed by atoms with van der Waals surface area (Å²) in [4.78, 5) is 76.5. The van der Waals surface area contributed by atoms with Gasteiger partial charge >= 0.3 is 12.2 Å². The minimum Gasteiger partial charge on any atom is -0.444 e. The van der Waals surface area contributed by atoms with E-state index in [2.05, 4.69) is 60.7 Å². The predicted molar refractivity (Wildman–Crippen MR) is 258 cm³/mol. The molecule has 68 heavy (non-hydrogen) atoms. The van der Waals surface area contributed by atoms with E-state index in [1.165, 1.54) is 0 Å². The van der Waals surface area contributed by atoms with Gasteiger partial charge in [-0.15, -0.1) is 0 Å². The molecule has 4 atom stereocenters. The van der Waals surface area contributed by atoms with E-state index in [1.807, 2.05) is 18.2 Å². The molecule has 1 unspecified atom stereocenters. The van der Waals surface area contributed by atoms with E-state index in [4.69, 9.17) is 19.4 Å². The first-order chi connectivity index (χ1) is 32.5. The largest absolute Gasteiger partial charge is 0.444 e. The first-order valence-corrected chi connectivity index (χ1v) is 24.3. The fourth-order valence-electron chi connectivity index (χ4n) is 10.5. The number of hydrogen-bond acceptors (Lipinski definition) is 10. The number of imidazole rings is 2. The summed E-state index contributed by atoms with van der Waals surface area (Å²) >= 11 is 0. The highest BCUT2D eigenvalue weighted by Crippen LogP contribution is 2.48. The number of benzene rings is 3. The normalized spacial score (nSPS) is 21.2. The maximum atomic E-state index is 16.3. The van der Waals surface area contributed by atoms with Gasteiger partial charge in [-0.1, -0.05) is 12.1 Å². The quantitative estimate of drug-likeness (QED) is 0.106. The molecule has 0 spiro atoms. The molecule has 9 rings (SSSR count). The average Bonchev–Trinajstić information content (AvgIpc) is 4.14. The van der Waals surface area contributed by atoms with Gasteiger partial charge in [-0.2, -0.15) is 0 Å². The molecule has 6 heterocycles. The molecule has 4 aliphatic heterocycles. The number of aromatic amines is 2. The van der Waals surface area contributed by atoms with Crippen LogP contribution in [-0.2, 0) is 19.1 Å². The van der Waals surface area contributed by atoms with Gasteiger partial charge in [0.1, 0.15) is 41.8 Å². The number of ether oxygens (including phenoxy) is 2. The van der Waals surface area contributed by atoms with Crippen LogP contribution in [0.3, 0.4) is 0 Å². The molecule has 4 aliphatic rings. The second-order valence-electron chi connectivity index (χ2n) is 20.7. The van der Waals surface area contributed by atoms with E-state index in [0.29, 0.717) is 30.4 Å². The Morgan fingerprint density at radius 3 is 1.56 bits per heavy atom. The molecule has 0 aliphatic carbocycles. The van der Waals surface area contributed by atoms with Crippen LogP contribution in [0.15, 0.2) is 54.6 Å². The monoisotopic (exact) mass is 933 g/mol. The van der Waals surface area contributed by atoms with E-state index in [1.54, 1.807) is 57.4 Å². The number of fused-ring (bicyclic) bond motifs is 2. The van der Waals surface area contributed by atoms with Gasteiger partial charge in [-0.3, -0.25) is 9.59 Å². The van der Waals surface area contributed by atoms with Gasteiger partial charge in [-0.05, 0) is 153 Å². The van der Waals surface area contributed by atoms with E-state index in [9.17, 15) is 19.2 Å². The Morgan fingerprint density at radius 1 is 0.618 bits per heavy atom. The minimum absolute atomic E-state index is 0.0970. The topological polar surface area (TPSA) is 181 Å². The Hall–Kier alpha value is -6.39. The molecule has 362 valence electrons. The lowest BCUT2D eigenvalue weighted by molar-refractivity contribution is -0.132.